The Bertz CT molecular complexity index is 1770. The number of carbonyl (C=O) groups excluding carboxylic acids is 2. The van der Waals surface area contributed by atoms with Crippen molar-refractivity contribution in [3.8, 4) is 5.75 Å². The number of nitrogens with one attached hydrogen (secondary N) is 1. The average Bonchev–Trinajstić information content (AvgIpc) is 3.59. The number of sulfonamides is 1. The number of rotatable bonds is 13. The highest BCUT2D eigenvalue weighted by molar-refractivity contribution is 7.92. The van der Waals surface area contributed by atoms with E-state index in [2.05, 4.69) is 5.32 Å². The van der Waals surface area contributed by atoms with Crippen LogP contribution in [0.5, 0.6) is 5.75 Å². The lowest BCUT2D eigenvalue weighted by atomic mass is 10.0. The van der Waals surface area contributed by atoms with Crippen LogP contribution in [0.4, 0.5) is 5.69 Å². The van der Waals surface area contributed by atoms with Gasteiger partial charge in [-0.2, -0.15) is 0 Å². The summed E-state index contributed by atoms with van der Waals surface area (Å²) in [5.41, 5.74) is 3.81. The second kappa shape index (κ2) is 15.3. The SMILES string of the molecule is COc1ccc(C)cc1N(CC(=O)N(Cc1cccc(C)c1)[C@H](Cc1ccccc1)C(=O)NC1CCCC1)S(=O)(=O)c1ccccc1. The molecule has 4 aromatic carbocycles. The summed E-state index contributed by atoms with van der Waals surface area (Å²) in [6.45, 7) is 3.42. The van der Waals surface area contributed by atoms with Crippen molar-refractivity contribution in [2.24, 2.45) is 0 Å². The lowest BCUT2D eigenvalue weighted by Gasteiger charge is -2.34. The van der Waals surface area contributed by atoms with E-state index in [1.165, 1.54) is 19.2 Å². The maximum atomic E-state index is 14.8. The van der Waals surface area contributed by atoms with E-state index in [-0.39, 0.29) is 35.5 Å². The van der Waals surface area contributed by atoms with Gasteiger partial charge in [-0.15, -0.1) is 0 Å². The fraction of sp³-hybridized carbons (Fsp3) is 0.316. The van der Waals surface area contributed by atoms with Gasteiger partial charge in [0.1, 0.15) is 18.3 Å². The third-order valence-electron chi connectivity index (χ3n) is 8.62. The van der Waals surface area contributed by atoms with Crippen LogP contribution in [0.2, 0.25) is 0 Å². The van der Waals surface area contributed by atoms with Gasteiger partial charge in [0, 0.05) is 19.0 Å². The van der Waals surface area contributed by atoms with Gasteiger partial charge in [0.2, 0.25) is 11.8 Å². The van der Waals surface area contributed by atoms with Gasteiger partial charge in [-0.25, -0.2) is 8.42 Å². The molecule has 0 aromatic heterocycles. The summed E-state index contributed by atoms with van der Waals surface area (Å²) in [5, 5.41) is 3.21. The van der Waals surface area contributed by atoms with E-state index in [1.807, 2.05) is 74.5 Å². The van der Waals surface area contributed by atoms with Crippen LogP contribution in [0.15, 0.2) is 108 Å². The van der Waals surface area contributed by atoms with Crippen LogP contribution < -0.4 is 14.4 Å². The van der Waals surface area contributed by atoms with Gasteiger partial charge in [-0.3, -0.25) is 13.9 Å². The smallest absolute Gasteiger partial charge is 0.264 e. The topological polar surface area (TPSA) is 96.0 Å². The van der Waals surface area contributed by atoms with Crippen molar-refractivity contribution in [2.45, 2.75) is 69.5 Å². The highest BCUT2D eigenvalue weighted by Crippen LogP contribution is 2.34. The maximum Gasteiger partial charge on any atom is 0.264 e. The number of amides is 2. The van der Waals surface area contributed by atoms with E-state index in [1.54, 1.807) is 35.2 Å². The summed E-state index contributed by atoms with van der Waals surface area (Å²) in [6.07, 6.45) is 4.16. The van der Waals surface area contributed by atoms with E-state index in [0.29, 0.717) is 5.75 Å². The number of hydrogen-bond acceptors (Lipinski definition) is 5. The zero-order chi connectivity index (χ0) is 33.4. The molecule has 1 atom stereocenters. The minimum Gasteiger partial charge on any atom is -0.495 e. The summed E-state index contributed by atoms with van der Waals surface area (Å²) in [7, 11) is -2.76. The molecule has 0 spiro atoms. The molecule has 9 heteroatoms. The number of aryl methyl sites for hydroxylation is 2. The summed E-state index contributed by atoms with van der Waals surface area (Å²) in [5.74, 6) is -0.433. The standard InChI is InChI=1S/C38H43N3O5S/c1-28-13-12-16-31(23-28)26-40(35(25-30-14-6-4-7-15-30)38(43)39-32-17-10-11-18-32)37(42)27-41(34-24-29(2)21-22-36(34)46-3)47(44,45)33-19-8-5-9-20-33/h4-9,12-16,19-24,32,35H,10-11,17-18,25-27H2,1-3H3,(H,39,43)/t35-/m1/s1. The van der Waals surface area contributed by atoms with Gasteiger partial charge in [0.05, 0.1) is 17.7 Å². The van der Waals surface area contributed by atoms with Crippen LogP contribution in [-0.4, -0.2) is 50.9 Å². The van der Waals surface area contributed by atoms with Gasteiger partial charge in [-0.05, 0) is 67.6 Å². The molecule has 1 N–H and O–H groups in total. The number of nitrogens with zero attached hydrogens (tertiary/aromatic N) is 2. The summed E-state index contributed by atoms with van der Waals surface area (Å²) < 4.78 is 35.3. The Labute approximate surface area is 278 Å². The Morgan fingerprint density at radius 1 is 0.830 bits per heavy atom. The number of carbonyl (C=O) groups is 2. The number of ether oxygens (including phenoxy) is 1. The second-order valence-corrected chi connectivity index (χ2v) is 14.1. The van der Waals surface area contributed by atoms with Crippen molar-refractivity contribution in [3.05, 3.63) is 125 Å². The Kier molecular flexibility index (Phi) is 11.0. The Balaban J connectivity index is 1.60. The molecule has 0 bridgehead atoms. The van der Waals surface area contributed by atoms with E-state index in [9.17, 15) is 18.0 Å². The molecule has 5 rings (SSSR count). The molecule has 1 saturated carbocycles. The van der Waals surface area contributed by atoms with E-state index < -0.39 is 28.5 Å². The molecule has 0 saturated heterocycles. The third-order valence-corrected chi connectivity index (χ3v) is 10.4. The van der Waals surface area contributed by atoms with Crippen molar-refractivity contribution in [1.29, 1.82) is 0 Å². The van der Waals surface area contributed by atoms with Crippen LogP contribution in [0.25, 0.3) is 0 Å². The highest BCUT2D eigenvalue weighted by atomic mass is 32.2. The summed E-state index contributed by atoms with van der Waals surface area (Å²) >= 11 is 0. The first-order chi connectivity index (χ1) is 22.7. The molecule has 4 aromatic rings. The third kappa shape index (κ3) is 8.40. The average molecular weight is 654 g/mol. The van der Waals surface area contributed by atoms with E-state index >= 15 is 0 Å². The van der Waals surface area contributed by atoms with Crippen LogP contribution in [0.1, 0.15) is 47.9 Å². The van der Waals surface area contributed by atoms with E-state index in [4.69, 9.17) is 4.74 Å². The molecule has 0 heterocycles. The number of methoxy groups -OCH3 is 1. The lowest BCUT2D eigenvalue weighted by molar-refractivity contribution is -0.140. The molecule has 2 amide bonds. The predicted octanol–water partition coefficient (Wildman–Crippen LogP) is 6.21. The van der Waals surface area contributed by atoms with Crippen molar-refractivity contribution in [3.63, 3.8) is 0 Å². The quantitative estimate of drug-likeness (QED) is 0.185. The molecular weight excluding hydrogens is 611 g/mol. The monoisotopic (exact) mass is 653 g/mol. The first-order valence-corrected chi connectivity index (χ1v) is 17.5. The van der Waals surface area contributed by atoms with Crippen LogP contribution in [0, 0.1) is 13.8 Å². The van der Waals surface area contributed by atoms with Gasteiger partial charge >= 0.3 is 0 Å². The molecule has 0 radical (unpaired) electrons. The number of benzene rings is 4. The fourth-order valence-corrected chi connectivity index (χ4v) is 7.59. The molecule has 0 aliphatic heterocycles. The highest BCUT2D eigenvalue weighted by Gasteiger charge is 2.36. The van der Waals surface area contributed by atoms with Crippen LogP contribution in [-0.2, 0) is 32.6 Å². The van der Waals surface area contributed by atoms with Gasteiger partial charge in [0.25, 0.3) is 10.0 Å². The van der Waals surface area contributed by atoms with E-state index in [0.717, 1.165) is 52.2 Å². The molecular formula is C38H43N3O5S. The zero-order valence-corrected chi connectivity index (χ0v) is 28.1. The number of anilines is 1. The molecule has 246 valence electrons. The van der Waals surface area contributed by atoms with Crippen molar-refractivity contribution >= 4 is 27.5 Å². The van der Waals surface area contributed by atoms with Crippen molar-refractivity contribution in [2.75, 3.05) is 18.0 Å². The van der Waals surface area contributed by atoms with Gasteiger partial charge < -0.3 is 15.0 Å². The molecule has 1 fully saturated rings. The second-order valence-electron chi connectivity index (χ2n) is 12.2. The van der Waals surface area contributed by atoms with Crippen molar-refractivity contribution in [1.82, 2.24) is 10.2 Å². The largest absolute Gasteiger partial charge is 0.495 e. The maximum absolute atomic E-state index is 14.8. The molecule has 47 heavy (non-hydrogen) atoms. The Hall–Kier alpha value is -4.63. The number of hydrogen-bond donors (Lipinski definition) is 1. The Morgan fingerprint density at radius 3 is 2.13 bits per heavy atom. The molecule has 1 aliphatic carbocycles. The molecule has 0 unspecified atom stereocenters. The molecule has 1 aliphatic rings. The fourth-order valence-electron chi connectivity index (χ4n) is 6.16. The first-order valence-electron chi connectivity index (χ1n) is 16.1. The Morgan fingerprint density at radius 2 is 1.47 bits per heavy atom. The van der Waals surface area contributed by atoms with Gasteiger partial charge in [0.15, 0.2) is 0 Å². The molecule has 8 nitrogen and oxygen atoms in total. The lowest BCUT2D eigenvalue weighted by Crippen LogP contribution is -2.54. The summed E-state index contributed by atoms with van der Waals surface area (Å²) in [4.78, 5) is 30.5. The first kappa shape index (κ1) is 33.7. The van der Waals surface area contributed by atoms with Crippen LogP contribution in [0.3, 0.4) is 0 Å². The zero-order valence-electron chi connectivity index (χ0n) is 27.3. The predicted molar refractivity (Wildman–Crippen MR) is 185 cm³/mol. The minimum absolute atomic E-state index is 0.0430. The van der Waals surface area contributed by atoms with Crippen molar-refractivity contribution < 1.29 is 22.7 Å². The summed E-state index contributed by atoms with van der Waals surface area (Å²) in [6, 6.07) is 29.8. The normalized spacial score (nSPS) is 13.9. The van der Waals surface area contributed by atoms with Gasteiger partial charge in [-0.1, -0.05) is 97.3 Å². The minimum atomic E-state index is -4.23. The van der Waals surface area contributed by atoms with Crippen LogP contribution >= 0.6 is 0 Å².